The van der Waals surface area contributed by atoms with Crippen LogP contribution in [-0.4, -0.2) is 35.8 Å². The van der Waals surface area contributed by atoms with Crippen LogP contribution in [0.5, 0.6) is 11.5 Å². The maximum Gasteiger partial charge on any atom is 0.251 e. The van der Waals surface area contributed by atoms with E-state index >= 15 is 0 Å². The SMILES string of the molecule is CCCCOc1c(Cl)cc(C(=O)NCCc2nc(C)no2)cc1OCC. The lowest BCUT2D eigenvalue weighted by Crippen LogP contribution is -2.25. The van der Waals surface area contributed by atoms with Gasteiger partial charge in [0.2, 0.25) is 5.89 Å². The zero-order valence-corrected chi connectivity index (χ0v) is 16.1. The molecule has 0 radical (unpaired) electrons. The van der Waals surface area contributed by atoms with Gasteiger partial charge >= 0.3 is 0 Å². The van der Waals surface area contributed by atoms with Crippen LogP contribution in [0.1, 0.15) is 48.8 Å². The number of rotatable bonds is 10. The Hall–Kier alpha value is -2.28. The van der Waals surface area contributed by atoms with Crippen LogP contribution >= 0.6 is 11.6 Å². The number of hydrogen-bond acceptors (Lipinski definition) is 6. The molecule has 2 aromatic rings. The van der Waals surface area contributed by atoms with Gasteiger partial charge in [-0.2, -0.15) is 4.98 Å². The van der Waals surface area contributed by atoms with Crippen LogP contribution in [0, 0.1) is 6.92 Å². The maximum atomic E-state index is 12.4. The summed E-state index contributed by atoms with van der Waals surface area (Å²) in [6.07, 6.45) is 2.39. The Kier molecular flexibility index (Phi) is 7.72. The third-order valence-electron chi connectivity index (χ3n) is 3.51. The summed E-state index contributed by atoms with van der Waals surface area (Å²) in [5, 5.41) is 6.86. The Morgan fingerprint density at radius 1 is 1.31 bits per heavy atom. The van der Waals surface area contributed by atoms with E-state index in [1.165, 1.54) is 0 Å². The molecule has 0 unspecified atom stereocenters. The average Bonchev–Trinajstić information content (AvgIpc) is 3.02. The van der Waals surface area contributed by atoms with Gasteiger partial charge in [-0.25, -0.2) is 0 Å². The molecule has 1 amide bonds. The molecule has 2 rings (SSSR count). The molecule has 0 aliphatic heterocycles. The molecule has 26 heavy (non-hydrogen) atoms. The third kappa shape index (κ3) is 5.62. The topological polar surface area (TPSA) is 86.5 Å². The number of amides is 1. The Bertz CT molecular complexity index is 733. The lowest BCUT2D eigenvalue weighted by Gasteiger charge is -2.15. The molecule has 0 atom stereocenters. The van der Waals surface area contributed by atoms with E-state index in [1.807, 2.05) is 6.92 Å². The molecule has 1 N–H and O–H groups in total. The molecule has 0 saturated heterocycles. The smallest absolute Gasteiger partial charge is 0.251 e. The van der Waals surface area contributed by atoms with Crippen molar-refractivity contribution in [1.82, 2.24) is 15.5 Å². The number of nitrogens with one attached hydrogen (secondary N) is 1. The first kappa shape index (κ1) is 20.0. The number of benzene rings is 1. The van der Waals surface area contributed by atoms with Crippen molar-refractivity contribution in [2.75, 3.05) is 19.8 Å². The van der Waals surface area contributed by atoms with Gasteiger partial charge in [0.1, 0.15) is 0 Å². The number of hydrogen-bond donors (Lipinski definition) is 1. The van der Waals surface area contributed by atoms with E-state index in [-0.39, 0.29) is 5.91 Å². The highest BCUT2D eigenvalue weighted by Gasteiger charge is 2.16. The Morgan fingerprint density at radius 2 is 2.12 bits per heavy atom. The van der Waals surface area contributed by atoms with Gasteiger partial charge in [0, 0.05) is 18.5 Å². The Balaban J connectivity index is 2.03. The fourth-order valence-corrected chi connectivity index (χ4v) is 2.51. The van der Waals surface area contributed by atoms with E-state index in [2.05, 4.69) is 22.4 Å². The number of aryl methyl sites for hydroxylation is 1. The summed E-state index contributed by atoms with van der Waals surface area (Å²) in [7, 11) is 0. The van der Waals surface area contributed by atoms with Gasteiger partial charge in [0.05, 0.1) is 18.2 Å². The van der Waals surface area contributed by atoms with Gasteiger partial charge in [0.15, 0.2) is 17.3 Å². The molecule has 0 bridgehead atoms. The number of halogens is 1. The van der Waals surface area contributed by atoms with E-state index < -0.39 is 0 Å². The summed E-state index contributed by atoms with van der Waals surface area (Å²) in [5.74, 6) is 1.73. The first-order valence-corrected chi connectivity index (χ1v) is 9.09. The fraction of sp³-hybridized carbons (Fsp3) is 0.500. The van der Waals surface area contributed by atoms with Crippen molar-refractivity contribution in [2.45, 2.75) is 40.0 Å². The van der Waals surface area contributed by atoms with Crippen LogP contribution in [0.15, 0.2) is 16.7 Å². The highest BCUT2D eigenvalue weighted by molar-refractivity contribution is 6.32. The maximum absolute atomic E-state index is 12.4. The summed E-state index contributed by atoms with van der Waals surface area (Å²) in [5.41, 5.74) is 0.406. The quantitative estimate of drug-likeness (QED) is 0.633. The van der Waals surface area contributed by atoms with Crippen LogP contribution < -0.4 is 14.8 Å². The zero-order valence-electron chi connectivity index (χ0n) is 15.3. The normalized spacial score (nSPS) is 10.6. The van der Waals surface area contributed by atoms with Gasteiger partial charge < -0.3 is 19.3 Å². The van der Waals surface area contributed by atoms with Crippen molar-refractivity contribution in [3.05, 3.63) is 34.4 Å². The highest BCUT2D eigenvalue weighted by atomic mass is 35.5. The molecule has 142 valence electrons. The summed E-state index contributed by atoms with van der Waals surface area (Å²) >= 11 is 6.31. The van der Waals surface area contributed by atoms with Gasteiger partial charge in [-0.05, 0) is 32.4 Å². The van der Waals surface area contributed by atoms with E-state index in [4.69, 9.17) is 25.6 Å². The molecule has 8 heteroatoms. The number of carbonyl (C=O) groups is 1. The van der Waals surface area contributed by atoms with E-state index in [1.54, 1.807) is 19.1 Å². The molecule has 0 aliphatic rings. The largest absolute Gasteiger partial charge is 0.490 e. The second-order valence-electron chi connectivity index (χ2n) is 5.66. The van der Waals surface area contributed by atoms with Gasteiger partial charge in [-0.3, -0.25) is 4.79 Å². The van der Waals surface area contributed by atoms with Crippen LogP contribution in [0.25, 0.3) is 0 Å². The lowest BCUT2D eigenvalue weighted by atomic mass is 10.2. The first-order chi connectivity index (χ1) is 12.5. The first-order valence-electron chi connectivity index (χ1n) is 8.71. The molecule has 0 aliphatic carbocycles. The van der Waals surface area contributed by atoms with Crippen molar-refractivity contribution in [2.24, 2.45) is 0 Å². The number of ether oxygens (including phenoxy) is 2. The van der Waals surface area contributed by atoms with Gasteiger partial charge in [-0.15, -0.1) is 0 Å². The molecular weight excluding hydrogens is 358 g/mol. The number of aromatic nitrogens is 2. The lowest BCUT2D eigenvalue weighted by molar-refractivity contribution is 0.0953. The summed E-state index contributed by atoms with van der Waals surface area (Å²) in [4.78, 5) is 16.5. The Morgan fingerprint density at radius 3 is 2.77 bits per heavy atom. The average molecular weight is 382 g/mol. The van der Waals surface area contributed by atoms with Gasteiger partial charge in [0.25, 0.3) is 5.91 Å². The minimum absolute atomic E-state index is 0.260. The predicted molar refractivity (Wildman–Crippen MR) is 98.1 cm³/mol. The van der Waals surface area contributed by atoms with Crippen LogP contribution in [0.4, 0.5) is 0 Å². The zero-order chi connectivity index (χ0) is 18.9. The van der Waals surface area contributed by atoms with E-state index in [0.717, 1.165) is 12.8 Å². The highest BCUT2D eigenvalue weighted by Crippen LogP contribution is 2.36. The summed E-state index contributed by atoms with van der Waals surface area (Å²) < 4.78 is 16.3. The minimum atomic E-state index is -0.260. The Labute approximate surface area is 158 Å². The third-order valence-corrected chi connectivity index (χ3v) is 3.79. The molecule has 0 fully saturated rings. The number of carbonyl (C=O) groups excluding carboxylic acids is 1. The van der Waals surface area contributed by atoms with Crippen molar-refractivity contribution in [1.29, 1.82) is 0 Å². The molecule has 0 saturated carbocycles. The van der Waals surface area contributed by atoms with Crippen molar-refractivity contribution >= 4 is 17.5 Å². The summed E-state index contributed by atoms with van der Waals surface area (Å²) in [6.45, 7) is 7.05. The molecule has 1 heterocycles. The van der Waals surface area contributed by atoms with Crippen LogP contribution in [0.3, 0.4) is 0 Å². The standard InChI is InChI=1S/C18H24ClN3O4/c1-4-6-9-25-17-14(19)10-13(11-15(17)24-5-2)18(23)20-8-7-16-21-12(3)22-26-16/h10-11H,4-9H2,1-3H3,(H,20,23). The predicted octanol–water partition coefficient (Wildman–Crippen LogP) is 3.58. The van der Waals surface area contributed by atoms with Crippen LogP contribution in [-0.2, 0) is 6.42 Å². The molecule has 7 nitrogen and oxygen atoms in total. The summed E-state index contributed by atoms with van der Waals surface area (Å²) in [6, 6.07) is 3.22. The number of unbranched alkanes of at least 4 members (excludes halogenated alkanes) is 1. The van der Waals surface area contributed by atoms with E-state index in [0.29, 0.717) is 60.0 Å². The van der Waals surface area contributed by atoms with Gasteiger partial charge in [-0.1, -0.05) is 30.1 Å². The molecule has 1 aromatic carbocycles. The monoisotopic (exact) mass is 381 g/mol. The number of nitrogens with zero attached hydrogens (tertiary/aromatic N) is 2. The van der Waals surface area contributed by atoms with Crippen molar-refractivity contribution in [3.8, 4) is 11.5 Å². The van der Waals surface area contributed by atoms with Crippen LogP contribution in [0.2, 0.25) is 5.02 Å². The second-order valence-corrected chi connectivity index (χ2v) is 6.07. The minimum Gasteiger partial charge on any atom is -0.490 e. The molecule has 0 spiro atoms. The molecule has 1 aromatic heterocycles. The molecular formula is C18H24ClN3O4. The second kappa shape index (κ2) is 10.0. The van der Waals surface area contributed by atoms with Crippen molar-refractivity contribution in [3.63, 3.8) is 0 Å². The van der Waals surface area contributed by atoms with Crippen molar-refractivity contribution < 1.29 is 18.8 Å². The van der Waals surface area contributed by atoms with E-state index in [9.17, 15) is 4.79 Å². The fourth-order valence-electron chi connectivity index (χ4n) is 2.25.